The second kappa shape index (κ2) is 5.69. The summed E-state index contributed by atoms with van der Waals surface area (Å²) < 4.78 is 5.57. The van der Waals surface area contributed by atoms with Crippen molar-refractivity contribution in [3.63, 3.8) is 0 Å². The Bertz CT molecular complexity index is 133. The summed E-state index contributed by atoms with van der Waals surface area (Å²) in [6.07, 6.45) is 6.94. The third-order valence-electron chi connectivity index (χ3n) is 3.22. The Labute approximate surface area is 86.6 Å². The van der Waals surface area contributed by atoms with Crippen molar-refractivity contribution >= 4 is 0 Å². The van der Waals surface area contributed by atoms with Crippen molar-refractivity contribution in [1.29, 1.82) is 0 Å². The van der Waals surface area contributed by atoms with E-state index in [4.69, 9.17) is 4.74 Å². The monoisotopic (exact) mass is 198 g/mol. The molecule has 0 aromatic carbocycles. The van der Waals surface area contributed by atoms with Crippen LogP contribution in [0.5, 0.6) is 0 Å². The first-order valence-corrected chi connectivity index (χ1v) is 6.01. The molecule has 2 aliphatic heterocycles. The molecule has 3 heteroatoms. The fourth-order valence-corrected chi connectivity index (χ4v) is 2.34. The fraction of sp³-hybridized carbons (Fsp3) is 1.00. The average molecular weight is 198 g/mol. The molecule has 0 aromatic rings. The van der Waals surface area contributed by atoms with Crippen molar-refractivity contribution < 1.29 is 4.74 Å². The van der Waals surface area contributed by atoms with Gasteiger partial charge < -0.3 is 15.4 Å². The van der Waals surface area contributed by atoms with Crippen molar-refractivity contribution in [2.24, 2.45) is 0 Å². The van der Waals surface area contributed by atoms with Crippen molar-refractivity contribution in [3.05, 3.63) is 0 Å². The van der Waals surface area contributed by atoms with Gasteiger partial charge in [-0.05, 0) is 45.2 Å². The van der Waals surface area contributed by atoms with Crippen LogP contribution in [-0.4, -0.2) is 38.4 Å². The summed E-state index contributed by atoms with van der Waals surface area (Å²) >= 11 is 0. The molecular formula is C11H22N2O. The predicted octanol–water partition coefficient (Wildman–Crippen LogP) is 0.897. The third-order valence-corrected chi connectivity index (χ3v) is 3.22. The van der Waals surface area contributed by atoms with Crippen LogP contribution in [0.4, 0.5) is 0 Å². The second-order valence-electron chi connectivity index (χ2n) is 4.42. The Morgan fingerprint density at radius 3 is 3.00 bits per heavy atom. The Kier molecular flexibility index (Phi) is 4.22. The largest absolute Gasteiger partial charge is 0.378 e. The smallest absolute Gasteiger partial charge is 0.0588 e. The maximum Gasteiger partial charge on any atom is 0.0588 e. The highest BCUT2D eigenvalue weighted by Gasteiger charge is 2.16. The molecule has 0 spiro atoms. The molecule has 0 aromatic heterocycles. The van der Waals surface area contributed by atoms with E-state index in [1.807, 2.05) is 0 Å². The molecule has 2 rings (SSSR count). The number of nitrogens with one attached hydrogen (secondary N) is 2. The zero-order chi connectivity index (χ0) is 9.64. The lowest BCUT2D eigenvalue weighted by Crippen LogP contribution is -2.35. The maximum absolute atomic E-state index is 5.57. The zero-order valence-electron chi connectivity index (χ0n) is 8.93. The van der Waals surface area contributed by atoms with Gasteiger partial charge in [0.15, 0.2) is 0 Å². The average Bonchev–Trinajstić information content (AvgIpc) is 2.86. The molecule has 14 heavy (non-hydrogen) atoms. The minimum atomic E-state index is 0.541. The molecule has 2 N–H and O–H groups in total. The maximum atomic E-state index is 5.57. The van der Waals surface area contributed by atoms with E-state index in [9.17, 15) is 0 Å². The van der Waals surface area contributed by atoms with Crippen molar-refractivity contribution in [2.45, 2.75) is 44.2 Å². The number of hydrogen-bond acceptors (Lipinski definition) is 3. The summed E-state index contributed by atoms with van der Waals surface area (Å²) in [6.45, 7) is 4.43. The Morgan fingerprint density at radius 2 is 2.29 bits per heavy atom. The molecule has 2 aliphatic rings. The summed E-state index contributed by atoms with van der Waals surface area (Å²) in [5.41, 5.74) is 0. The highest BCUT2D eigenvalue weighted by molar-refractivity contribution is 4.76. The highest BCUT2D eigenvalue weighted by Crippen LogP contribution is 2.14. The molecule has 2 saturated heterocycles. The fourth-order valence-electron chi connectivity index (χ4n) is 2.34. The molecule has 0 aliphatic carbocycles. The van der Waals surface area contributed by atoms with Gasteiger partial charge >= 0.3 is 0 Å². The highest BCUT2D eigenvalue weighted by atomic mass is 16.5. The van der Waals surface area contributed by atoms with Gasteiger partial charge in [-0.3, -0.25) is 0 Å². The molecule has 2 unspecified atom stereocenters. The predicted molar refractivity (Wildman–Crippen MR) is 57.5 cm³/mol. The Morgan fingerprint density at radius 1 is 1.29 bits per heavy atom. The van der Waals surface area contributed by atoms with Gasteiger partial charge in [0, 0.05) is 19.2 Å². The van der Waals surface area contributed by atoms with Gasteiger partial charge in [0.1, 0.15) is 0 Å². The Hall–Kier alpha value is -0.120. The lowest BCUT2D eigenvalue weighted by atomic mass is 10.2. The van der Waals surface area contributed by atoms with Crippen LogP contribution in [0.3, 0.4) is 0 Å². The quantitative estimate of drug-likeness (QED) is 0.644. The lowest BCUT2D eigenvalue weighted by molar-refractivity contribution is 0.104. The van der Waals surface area contributed by atoms with E-state index in [-0.39, 0.29) is 0 Å². The summed E-state index contributed by atoms with van der Waals surface area (Å²) in [7, 11) is 0. The topological polar surface area (TPSA) is 33.3 Å². The van der Waals surface area contributed by atoms with Crippen LogP contribution >= 0.6 is 0 Å². The van der Waals surface area contributed by atoms with Gasteiger partial charge in [0.05, 0.1) is 6.10 Å². The zero-order valence-corrected chi connectivity index (χ0v) is 8.93. The van der Waals surface area contributed by atoms with Gasteiger partial charge in [-0.2, -0.15) is 0 Å². The van der Waals surface area contributed by atoms with Crippen LogP contribution < -0.4 is 10.6 Å². The molecular weight excluding hydrogens is 176 g/mol. The molecule has 2 heterocycles. The third kappa shape index (κ3) is 3.23. The van der Waals surface area contributed by atoms with Crippen molar-refractivity contribution in [2.75, 3.05) is 26.2 Å². The summed E-state index contributed by atoms with van der Waals surface area (Å²) in [5.74, 6) is 0. The first kappa shape index (κ1) is 10.4. The van der Waals surface area contributed by atoms with Crippen molar-refractivity contribution in [3.8, 4) is 0 Å². The molecule has 82 valence electrons. The van der Waals surface area contributed by atoms with Crippen molar-refractivity contribution in [1.82, 2.24) is 10.6 Å². The molecule has 0 saturated carbocycles. The molecule has 0 amide bonds. The van der Waals surface area contributed by atoms with E-state index in [1.165, 1.54) is 38.6 Å². The van der Waals surface area contributed by atoms with Gasteiger partial charge in [0.2, 0.25) is 0 Å². The van der Waals surface area contributed by atoms with Gasteiger partial charge in [-0.25, -0.2) is 0 Å². The van der Waals surface area contributed by atoms with E-state index < -0.39 is 0 Å². The normalized spacial score (nSPS) is 32.6. The summed E-state index contributed by atoms with van der Waals surface area (Å²) in [6, 6.07) is 0.722. The molecule has 2 fully saturated rings. The Balaban J connectivity index is 1.46. The number of hydrogen-bond donors (Lipinski definition) is 2. The molecule has 2 atom stereocenters. The number of rotatable bonds is 5. The van der Waals surface area contributed by atoms with Gasteiger partial charge in [-0.1, -0.05) is 0 Å². The first-order valence-electron chi connectivity index (χ1n) is 6.01. The van der Waals surface area contributed by atoms with E-state index in [0.29, 0.717) is 6.10 Å². The lowest BCUT2D eigenvalue weighted by Gasteiger charge is -2.13. The first-order chi connectivity index (χ1) is 6.95. The van der Waals surface area contributed by atoms with E-state index in [0.717, 1.165) is 25.7 Å². The van der Waals surface area contributed by atoms with Crippen LogP contribution in [0.25, 0.3) is 0 Å². The van der Waals surface area contributed by atoms with Crippen LogP contribution in [0, 0.1) is 0 Å². The summed E-state index contributed by atoms with van der Waals surface area (Å²) in [5, 5.41) is 7.00. The summed E-state index contributed by atoms with van der Waals surface area (Å²) in [4.78, 5) is 0. The molecule has 0 radical (unpaired) electrons. The minimum Gasteiger partial charge on any atom is -0.378 e. The number of ether oxygens (including phenoxy) is 1. The molecule has 3 nitrogen and oxygen atoms in total. The standard InChI is InChI=1S/C11H22N2O/c1-3-10(13-6-1)9-12-7-5-11-4-2-8-14-11/h10-13H,1-9H2. The van der Waals surface area contributed by atoms with Crippen LogP contribution in [-0.2, 0) is 4.74 Å². The van der Waals surface area contributed by atoms with Gasteiger partial charge in [0.25, 0.3) is 0 Å². The minimum absolute atomic E-state index is 0.541. The van der Waals surface area contributed by atoms with Crippen LogP contribution in [0.2, 0.25) is 0 Å². The molecule has 0 bridgehead atoms. The SMILES string of the molecule is C1CNC(CNCCC2CCCO2)C1. The van der Waals surface area contributed by atoms with Gasteiger partial charge in [-0.15, -0.1) is 0 Å². The van der Waals surface area contributed by atoms with Crippen LogP contribution in [0.1, 0.15) is 32.1 Å². The van der Waals surface area contributed by atoms with E-state index >= 15 is 0 Å². The van der Waals surface area contributed by atoms with E-state index in [1.54, 1.807) is 0 Å². The second-order valence-corrected chi connectivity index (χ2v) is 4.42. The van der Waals surface area contributed by atoms with E-state index in [2.05, 4.69) is 10.6 Å². The van der Waals surface area contributed by atoms with Crippen LogP contribution in [0.15, 0.2) is 0 Å².